The molecule has 2 rings (SSSR count). The van der Waals surface area contributed by atoms with Gasteiger partial charge in [-0.15, -0.1) is 0 Å². The molecule has 8 heteroatoms. The summed E-state index contributed by atoms with van der Waals surface area (Å²) in [6, 6.07) is -0.0269. The van der Waals surface area contributed by atoms with Crippen LogP contribution in [0.2, 0.25) is 0 Å². The van der Waals surface area contributed by atoms with E-state index in [2.05, 4.69) is 0 Å². The van der Waals surface area contributed by atoms with E-state index in [4.69, 9.17) is 5.11 Å². The second-order valence-electron chi connectivity index (χ2n) is 6.57. The number of carboxylic acid groups (broad SMARTS) is 1. The number of hydrogen-bond acceptors (Lipinski definition) is 4. The molecule has 0 aliphatic carbocycles. The van der Waals surface area contributed by atoms with Crippen molar-refractivity contribution in [1.29, 1.82) is 0 Å². The maximum absolute atomic E-state index is 12.8. The van der Waals surface area contributed by atoms with Crippen molar-refractivity contribution < 1.29 is 23.1 Å². The fourth-order valence-corrected chi connectivity index (χ4v) is 4.47. The average molecular weight is 346 g/mol. The van der Waals surface area contributed by atoms with Crippen molar-refractivity contribution in [2.24, 2.45) is 5.92 Å². The number of sulfonamides is 1. The van der Waals surface area contributed by atoms with E-state index in [1.807, 2.05) is 4.90 Å². The van der Waals surface area contributed by atoms with Crippen molar-refractivity contribution in [3.8, 4) is 0 Å². The molecule has 1 amide bonds. The molecule has 0 saturated carbocycles. The lowest BCUT2D eigenvalue weighted by molar-refractivity contribution is -0.143. The number of amides is 1. The Morgan fingerprint density at radius 1 is 1.13 bits per heavy atom. The highest BCUT2D eigenvalue weighted by molar-refractivity contribution is 7.88. The molecule has 0 aromatic rings. The molecule has 0 spiro atoms. The monoisotopic (exact) mass is 346 g/mol. The molecule has 2 heterocycles. The molecule has 0 aromatic heterocycles. The van der Waals surface area contributed by atoms with Gasteiger partial charge in [0.15, 0.2) is 0 Å². The number of likely N-dealkylation sites (tertiary alicyclic amines) is 1. The highest BCUT2D eigenvalue weighted by Crippen LogP contribution is 2.27. The van der Waals surface area contributed by atoms with Crippen LogP contribution in [0.3, 0.4) is 0 Å². The maximum atomic E-state index is 12.8. The third-order valence-corrected chi connectivity index (χ3v) is 6.07. The number of hydrogen-bond donors (Lipinski definition) is 1. The minimum Gasteiger partial charge on any atom is -0.481 e. The summed E-state index contributed by atoms with van der Waals surface area (Å²) in [7, 11) is -3.27. The molecule has 2 fully saturated rings. The summed E-state index contributed by atoms with van der Waals surface area (Å²) in [6.45, 7) is 1.38. The van der Waals surface area contributed by atoms with Gasteiger partial charge in [-0.1, -0.05) is 0 Å². The van der Waals surface area contributed by atoms with Gasteiger partial charge in [0.05, 0.1) is 12.2 Å². The number of piperidine rings is 2. The Hall–Kier alpha value is -1.15. The fraction of sp³-hybridized carbons (Fsp3) is 0.867. The van der Waals surface area contributed by atoms with Gasteiger partial charge < -0.3 is 10.0 Å². The van der Waals surface area contributed by atoms with Crippen molar-refractivity contribution in [2.75, 3.05) is 25.9 Å². The first kappa shape index (κ1) is 18.2. The molecule has 7 nitrogen and oxygen atoms in total. The minimum absolute atomic E-state index is 0.00608. The Balaban J connectivity index is 2.02. The molecule has 0 bridgehead atoms. The SMILES string of the molecule is CS(=O)(=O)N1CCC[C@@H](C(=O)N2CCCC[C@@H]2CCC(=O)O)C1. The van der Waals surface area contributed by atoms with Crippen LogP contribution in [0.15, 0.2) is 0 Å². The minimum atomic E-state index is -3.27. The average Bonchev–Trinajstić information content (AvgIpc) is 2.52. The molecule has 132 valence electrons. The van der Waals surface area contributed by atoms with E-state index in [1.165, 1.54) is 10.6 Å². The molecular weight excluding hydrogens is 320 g/mol. The summed E-state index contributed by atoms with van der Waals surface area (Å²) in [5, 5.41) is 8.87. The maximum Gasteiger partial charge on any atom is 0.303 e. The van der Waals surface area contributed by atoms with Crippen LogP contribution in [0.5, 0.6) is 0 Å². The lowest BCUT2D eigenvalue weighted by Crippen LogP contribution is -2.51. The van der Waals surface area contributed by atoms with Crippen LogP contribution < -0.4 is 0 Å². The van der Waals surface area contributed by atoms with Crippen molar-refractivity contribution in [3.63, 3.8) is 0 Å². The summed E-state index contributed by atoms with van der Waals surface area (Å²) >= 11 is 0. The number of carbonyl (C=O) groups excluding carboxylic acids is 1. The molecule has 0 unspecified atom stereocenters. The third-order valence-electron chi connectivity index (χ3n) is 4.80. The van der Waals surface area contributed by atoms with Gasteiger partial charge in [0.1, 0.15) is 0 Å². The van der Waals surface area contributed by atoms with Gasteiger partial charge in [0, 0.05) is 32.1 Å². The Labute approximate surface area is 137 Å². The van der Waals surface area contributed by atoms with E-state index in [9.17, 15) is 18.0 Å². The zero-order chi connectivity index (χ0) is 17.0. The van der Waals surface area contributed by atoms with Gasteiger partial charge in [-0.25, -0.2) is 12.7 Å². The molecular formula is C15H26N2O5S. The van der Waals surface area contributed by atoms with E-state index in [-0.39, 0.29) is 30.8 Å². The van der Waals surface area contributed by atoms with Crippen molar-refractivity contribution >= 4 is 21.9 Å². The van der Waals surface area contributed by atoms with Crippen molar-refractivity contribution in [2.45, 2.75) is 51.0 Å². The Kier molecular flexibility index (Phi) is 6.02. The molecule has 2 saturated heterocycles. The Bertz CT molecular complexity index is 548. The largest absolute Gasteiger partial charge is 0.481 e. The first-order valence-corrected chi connectivity index (χ1v) is 10.1. The molecule has 0 aromatic carbocycles. The zero-order valence-electron chi connectivity index (χ0n) is 13.6. The van der Waals surface area contributed by atoms with Crippen molar-refractivity contribution in [1.82, 2.24) is 9.21 Å². The first-order chi connectivity index (χ1) is 10.8. The number of carboxylic acids is 1. The lowest BCUT2D eigenvalue weighted by atomic mass is 9.93. The van der Waals surface area contributed by atoms with E-state index < -0.39 is 16.0 Å². The van der Waals surface area contributed by atoms with Gasteiger partial charge in [-0.2, -0.15) is 0 Å². The quantitative estimate of drug-likeness (QED) is 0.798. The summed E-state index contributed by atoms with van der Waals surface area (Å²) in [5.41, 5.74) is 0. The Morgan fingerprint density at radius 2 is 1.87 bits per heavy atom. The summed E-state index contributed by atoms with van der Waals surface area (Å²) in [6.07, 6.45) is 5.88. The standard InChI is InChI=1S/C15H26N2O5S/c1-23(21,22)16-9-4-5-12(11-16)15(20)17-10-3-2-6-13(17)7-8-14(18)19/h12-13H,2-11H2,1H3,(H,18,19)/t12-,13-/m1/s1. The van der Waals surface area contributed by atoms with Gasteiger partial charge in [-0.3, -0.25) is 9.59 Å². The van der Waals surface area contributed by atoms with Crippen LogP contribution in [-0.4, -0.2) is 66.5 Å². The number of carbonyl (C=O) groups is 2. The fourth-order valence-electron chi connectivity index (χ4n) is 3.56. The Morgan fingerprint density at radius 3 is 2.52 bits per heavy atom. The molecule has 2 aliphatic heterocycles. The zero-order valence-corrected chi connectivity index (χ0v) is 14.4. The lowest BCUT2D eigenvalue weighted by Gasteiger charge is -2.40. The smallest absolute Gasteiger partial charge is 0.303 e. The molecule has 2 atom stereocenters. The van der Waals surface area contributed by atoms with Crippen LogP contribution in [0.1, 0.15) is 44.9 Å². The first-order valence-electron chi connectivity index (χ1n) is 8.26. The summed E-state index contributed by atoms with van der Waals surface area (Å²) < 4.78 is 24.8. The second kappa shape index (κ2) is 7.61. The van der Waals surface area contributed by atoms with Crippen LogP contribution >= 0.6 is 0 Å². The summed E-state index contributed by atoms with van der Waals surface area (Å²) in [4.78, 5) is 25.4. The topological polar surface area (TPSA) is 95.0 Å². The highest BCUT2D eigenvalue weighted by Gasteiger charge is 2.35. The van der Waals surface area contributed by atoms with Crippen molar-refractivity contribution in [3.05, 3.63) is 0 Å². The summed E-state index contributed by atoms with van der Waals surface area (Å²) in [5.74, 6) is -1.15. The molecule has 1 N–H and O–H groups in total. The van der Waals surface area contributed by atoms with E-state index >= 15 is 0 Å². The normalized spacial score (nSPS) is 26.9. The molecule has 0 radical (unpaired) electrons. The number of rotatable bonds is 5. The molecule has 23 heavy (non-hydrogen) atoms. The van der Waals surface area contributed by atoms with E-state index in [0.717, 1.165) is 19.3 Å². The van der Waals surface area contributed by atoms with Gasteiger partial charge >= 0.3 is 5.97 Å². The van der Waals surface area contributed by atoms with E-state index in [0.29, 0.717) is 32.4 Å². The number of aliphatic carboxylic acids is 1. The van der Waals surface area contributed by atoms with Gasteiger partial charge in [0.25, 0.3) is 0 Å². The number of nitrogens with zero attached hydrogens (tertiary/aromatic N) is 2. The van der Waals surface area contributed by atoms with Crippen LogP contribution in [0, 0.1) is 5.92 Å². The van der Waals surface area contributed by atoms with Crippen LogP contribution in [-0.2, 0) is 19.6 Å². The predicted molar refractivity (Wildman–Crippen MR) is 85.4 cm³/mol. The molecule has 2 aliphatic rings. The second-order valence-corrected chi connectivity index (χ2v) is 8.56. The van der Waals surface area contributed by atoms with Crippen LogP contribution in [0.4, 0.5) is 0 Å². The highest BCUT2D eigenvalue weighted by atomic mass is 32.2. The van der Waals surface area contributed by atoms with Gasteiger partial charge in [-0.05, 0) is 38.5 Å². The predicted octanol–water partition coefficient (Wildman–Crippen LogP) is 0.904. The third kappa shape index (κ3) is 4.91. The van der Waals surface area contributed by atoms with Crippen LogP contribution in [0.25, 0.3) is 0 Å². The van der Waals surface area contributed by atoms with Gasteiger partial charge in [0.2, 0.25) is 15.9 Å². The van der Waals surface area contributed by atoms with E-state index in [1.54, 1.807) is 0 Å².